The standard InChI is InChI=1S/C30H29N7OS/c1-2-3-6-27(38)34-21(12-18-7-8-18)13-19(16-31)20-14-24-28(36-37-30(24)33-17-20)25-15-23-22(26-5-4-11-39-26)9-10-32-29(23)35-25/h4-5,9-17H,2-3,6-8,31H2,1H3,(H,32,35)(H,34,38)(H,33,36,37)/b19-16+,21-13+. The predicted molar refractivity (Wildman–Crippen MR) is 158 cm³/mol. The van der Waals surface area contributed by atoms with Crippen molar-refractivity contribution in [2.24, 2.45) is 5.73 Å². The molecule has 0 atom stereocenters. The van der Waals surface area contributed by atoms with Gasteiger partial charge in [0.25, 0.3) is 0 Å². The molecule has 196 valence electrons. The highest BCUT2D eigenvalue weighted by Crippen LogP contribution is 2.35. The topological polar surface area (TPSA) is 125 Å². The molecule has 8 nitrogen and oxygen atoms in total. The molecular formula is C30H29N7OS. The zero-order valence-electron chi connectivity index (χ0n) is 21.6. The van der Waals surface area contributed by atoms with Crippen molar-refractivity contribution in [2.75, 3.05) is 0 Å². The van der Waals surface area contributed by atoms with Crippen LogP contribution >= 0.6 is 11.3 Å². The van der Waals surface area contributed by atoms with Gasteiger partial charge in [0.05, 0.1) is 11.4 Å². The number of rotatable bonds is 9. The van der Waals surface area contributed by atoms with E-state index in [9.17, 15) is 4.79 Å². The third-order valence-corrected chi connectivity index (χ3v) is 7.66. The van der Waals surface area contributed by atoms with Crippen LogP contribution in [0.5, 0.6) is 0 Å². The highest BCUT2D eigenvalue weighted by molar-refractivity contribution is 7.13. The molecule has 0 spiro atoms. The van der Waals surface area contributed by atoms with Crippen LogP contribution in [0.15, 0.2) is 77.7 Å². The van der Waals surface area contributed by atoms with Gasteiger partial charge in [0, 0.05) is 63.1 Å². The lowest BCUT2D eigenvalue weighted by atomic mass is 10.0. The van der Waals surface area contributed by atoms with Crippen LogP contribution in [0.2, 0.25) is 0 Å². The number of carbonyl (C=O) groups excluding carboxylic acids is 1. The Bertz CT molecular complexity index is 1750. The highest BCUT2D eigenvalue weighted by atomic mass is 32.1. The molecule has 5 aromatic heterocycles. The summed E-state index contributed by atoms with van der Waals surface area (Å²) >= 11 is 1.70. The van der Waals surface area contributed by atoms with Gasteiger partial charge >= 0.3 is 0 Å². The first-order valence-electron chi connectivity index (χ1n) is 13.1. The second kappa shape index (κ2) is 10.7. The number of nitrogens with one attached hydrogen (secondary N) is 3. The number of carbonyl (C=O) groups is 1. The maximum Gasteiger partial charge on any atom is 0.224 e. The number of unbranched alkanes of at least 4 members (excludes halogenated alkanes) is 1. The molecule has 0 aliphatic heterocycles. The number of hydrogen-bond acceptors (Lipinski definition) is 6. The lowest BCUT2D eigenvalue weighted by Gasteiger charge is -2.09. The first-order chi connectivity index (χ1) is 19.1. The zero-order chi connectivity index (χ0) is 26.8. The molecule has 1 fully saturated rings. The number of fused-ring (bicyclic) bond motifs is 2. The first kappa shape index (κ1) is 24.8. The van der Waals surface area contributed by atoms with Crippen molar-refractivity contribution < 1.29 is 4.79 Å². The number of aromatic amines is 2. The summed E-state index contributed by atoms with van der Waals surface area (Å²) in [5, 5.41) is 14.6. The Morgan fingerprint density at radius 1 is 1.21 bits per heavy atom. The lowest BCUT2D eigenvalue weighted by molar-refractivity contribution is -0.120. The highest BCUT2D eigenvalue weighted by Gasteiger charge is 2.17. The Hall–Kier alpha value is -4.50. The second-order valence-corrected chi connectivity index (χ2v) is 10.6. The van der Waals surface area contributed by atoms with Crippen LogP contribution in [0.3, 0.4) is 0 Å². The fourth-order valence-electron chi connectivity index (χ4n) is 4.58. The minimum absolute atomic E-state index is 0.0111. The Kier molecular flexibility index (Phi) is 6.81. The Balaban J connectivity index is 1.36. The average Bonchev–Trinajstić information content (AvgIpc) is 3.33. The summed E-state index contributed by atoms with van der Waals surface area (Å²) in [7, 11) is 0. The van der Waals surface area contributed by atoms with Gasteiger partial charge in [0.1, 0.15) is 5.65 Å². The molecule has 0 aromatic carbocycles. The molecule has 0 radical (unpaired) electrons. The van der Waals surface area contributed by atoms with Gasteiger partial charge in [0.15, 0.2) is 5.65 Å². The number of pyridine rings is 2. The van der Waals surface area contributed by atoms with E-state index in [-0.39, 0.29) is 5.91 Å². The van der Waals surface area contributed by atoms with Crippen LogP contribution in [0.25, 0.3) is 49.5 Å². The van der Waals surface area contributed by atoms with E-state index in [2.05, 4.69) is 61.0 Å². The Morgan fingerprint density at radius 2 is 2.10 bits per heavy atom. The summed E-state index contributed by atoms with van der Waals surface area (Å²) in [5.41, 5.74) is 14.0. The summed E-state index contributed by atoms with van der Waals surface area (Å²) in [6.45, 7) is 2.08. The largest absolute Gasteiger partial charge is 0.404 e. The van der Waals surface area contributed by atoms with E-state index < -0.39 is 0 Å². The van der Waals surface area contributed by atoms with Crippen molar-refractivity contribution in [3.63, 3.8) is 0 Å². The lowest BCUT2D eigenvalue weighted by Crippen LogP contribution is -2.21. The van der Waals surface area contributed by atoms with Crippen molar-refractivity contribution in [1.29, 1.82) is 0 Å². The van der Waals surface area contributed by atoms with E-state index in [1.165, 1.54) is 10.5 Å². The van der Waals surface area contributed by atoms with Gasteiger partial charge in [-0.1, -0.05) is 25.0 Å². The van der Waals surface area contributed by atoms with Gasteiger partial charge < -0.3 is 16.0 Å². The Morgan fingerprint density at radius 3 is 2.87 bits per heavy atom. The van der Waals surface area contributed by atoms with Crippen molar-refractivity contribution in [2.45, 2.75) is 39.0 Å². The van der Waals surface area contributed by atoms with Crippen LogP contribution in [-0.4, -0.2) is 31.1 Å². The average molecular weight is 536 g/mol. The SMILES string of the molecule is CCCCC(=O)N/C(C=C1CC1)=C/C(=C\N)c1cnc2n[nH]c(-c3cc4c(-c5cccs5)ccnc4[nH]3)c2c1. The van der Waals surface area contributed by atoms with Gasteiger partial charge in [-0.3, -0.25) is 9.89 Å². The molecule has 1 saturated carbocycles. The fraction of sp³-hybridized carbons (Fsp3) is 0.200. The van der Waals surface area contributed by atoms with E-state index in [0.717, 1.165) is 75.9 Å². The number of nitrogens with zero attached hydrogens (tertiary/aromatic N) is 3. The normalized spacial score (nSPS) is 13.8. The van der Waals surface area contributed by atoms with Crippen molar-refractivity contribution in [3.8, 4) is 21.8 Å². The number of amides is 1. The molecule has 1 amide bonds. The van der Waals surface area contributed by atoms with Crippen molar-refractivity contribution in [1.82, 2.24) is 30.5 Å². The van der Waals surface area contributed by atoms with Gasteiger partial charge in [-0.2, -0.15) is 5.10 Å². The van der Waals surface area contributed by atoms with E-state index in [1.807, 2.05) is 30.5 Å². The van der Waals surface area contributed by atoms with Crippen LogP contribution in [0.4, 0.5) is 0 Å². The first-order valence-corrected chi connectivity index (χ1v) is 14.0. The smallest absolute Gasteiger partial charge is 0.224 e. The number of thiophene rings is 1. The van der Waals surface area contributed by atoms with Crippen LogP contribution in [-0.2, 0) is 4.79 Å². The summed E-state index contributed by atoms with van der Waals surface area (Å²) < 4.78 is 0. The molecule has 5 aromatic rings. The van der Waals surface area contributed by atoms with Gasteiger partial charge in [-0.05, 0) is 61.1 Å². The molecule has 0 unspecified atom stereocenters. The quantitative estimate of drug-likeness (QED) is 0.162. The molecule has 5 N–H and O–H groups in total. The second-order valence-electron chi connectivity index (χ2n) is 9.65. The molecule has 9 heteroatoms. The van der Waals surface area contributed by atoms with Gasteiger partial charge in [-0.15, -0.1) is 11.3 Å². The minimum Gasteiger partial charge on any atom is -0.404 e. The van der Waals surface area contributed by atoms with E-state index in [0.29, 0.717) is 12.1 Å². The summed E-state index contributed by atoms with van der Waals surface area (Å²) in [5.74, 6) is 0.0111. The third-order valence-electron chi connectivity index (χ3n) is 6.76. The van der Waals surface area contributed by atoms with E-state index >= 15 is 0 Å². The third kappa shape index (κ3) is 5.26. The summed E-state index contributed by atoms with van der Waals surface area (Å²) in [4.78, 5) is 26.2. The van der Waals surface area contributed by atoms with Crippen LogP contribution < -0.4 is 11.1 Å². The summed E-state index contributed by atoms with van der Waals surface area (Å²) in [6, 6.07) is 10.3. The molecule has 5 heterocycles. The van der Waals surface area contributed by atoms with E-state index in [4.69, 9.17) is 5.73 Å². The predicted octanol–water partition coefficient (Wildman–Crippen LogP) is 6.44. The molecule has 6 rings (SSSR count). The molecule has 0 saturated heterocycles. The van der Waals surface area contributed by atoms with Crippen molar-refractivity contribution in [3.05, 3.63) is 83.3 Å². The van der Waals surface area contributed by atoms with Crippen molar-refractivity contribution >= 4 is 44.9 Å². The maximum atomic E-state index is 12.5. The summed E-state index contributed by atoms with van der Waals surface area (Å²) in [6.07, 6.45) is 13.5. The minimum atomic E-state index is 0.0111. The number of aromatic nitrogens is 5. The molecule has 1 aliphatic rings. The molecule has 0 bridgehead atoms. The number of hydrogen-bond donors (Lipinski definition) is 4. The monoisotopic (exact) mass is 535 g/mol. The van der Waals surface area contributed by atoms with Gasteiger partial charge in [-0.25, -0.2) is 9.97 Å². The number of nitrogens with two attached hydrogens (primary N) is 1. The Labute approximate surface area is 229 Å². The zero-order valence-corrected chi connectivity index (χ0v) is 22.4. The molecular weight excluding hydrogens is 506 g/mol. The molecule has 39 heavy (non-hydrogen) atoms. The fourth-order valence-corrected chi connectivity index (χ4v) is 5.34. The number of allylic oxidation sites excluding steroid dienone is 4. The van der Waals surface area contributed by atoms with Gasteiger partial charge in [0.2, 0.25) is 5.91 Å². The van der Waals surface area contributed by atoms with Crippen LogP contribution in [0, 0.1) is 0 Å². The van der Waals surface area contributed by atoms with Crippen LogP contribution in [0.1, 0.15) is 44.6 Å². The van der Waals surface area contributed by atoms with E-state index in [1.54, 1.807) is 23.7 Å². The number of H-pyrrole nitrogens is 2. The maximum absolute atomic E-state index is 12.5. The molecule has 1 aliphatic carbocycles.